The quantitative estimate of drug-likeness (QED) is 0.118. The van der Waals surface area contributed by atoms with Crippen molar-refractivity contribution in [2.24, 2.45) is 11.3 Å². The second-order valence-corrected chi connectivity index (χ2v) is 20.9. The fourth-order valence-corrected chi connectivity index (χ4v) is 8.17. The summed E-state index contributed by atoms with van der Waals surface area (Å²) in [4.78, 5) is 9.34. The largest absolute Gasteiger partial charge is 0.500 e. The van der Waals surface area contributed by atoms with Gasteiger partial charge in [-0.15, -0.1) is 54.1 Å². The number of hydrogen-bond donors (Lipinski definition) is 0. The first kappa shape index (κ1) is 38.1. The number of hydrogen-bond acceptors (Lipinski definition) is 3. The number of rotatable bonds is 7. The molecular weight excluding hydrogens is 817 g/mol. The Morgan fingerprint density at radius 1 is 0.745 bits per heavy atom. The topological polar surface area (TPSA) is 38.9 Å². The van der Waals surface area contributed by atoms with Crippen LogP contribution >= 0.6 is 0 Å². The van der Waals surface area contributed by atoms with Gasteiger partial charge >= 0.3 is 0 Å². The van der Waals surface area contributed by atoms with Crippen molar-refractivity contribution in [3.63, 3.8) is 0 Å². The van der Waals surface area contributed by atoms with Crippen molar-refractivity contribution in [1.29, 1.82) is 0 Å². The fourth-order valence-electron chi connectivity index (χ4n) is 6.60. The zero-order valence-electron chi connectivity index (χ0n) is 31.1. The molecule has 0 amide bonds. The van der Waals surface area contributed by atoms with Gasteiger partial charge < -0.3 is 14.4 Å². The Labute approximate surface area is 319 Å². The van der Waals surface area contributed by atoms with E-state index in [4.69, 9.17) is 9.40 Å². The summed E-state index contributed by atoms with van der Waals surface area (Å²) in [5.74, 6) is 0.602. The Morgan fingerprint density at radius 2 is 1.49 bits per heavy atom. The van der Waals surface area contributed by atoms with Crippen LogP contribution in [0.2, 0.25) is 19.6 Å². The Bertz CT molecular complexity index is 2210. The minimum atomic E-state index is -1.37. The zero-order valence-corrected chi connectivity index (χ0v) is 34.5. The first-order valence-corrected chi connectivity index (χ1v) is 21.2. The third-order valence-electron chi connectivity index (χ3n) is 8.77. The van der Waals surface area contributed by atoms with E-state index in [1.807, 2.05) is 36.5 Å². The average Bonchev–Trinajstić information content (AvgIpc) is 3.47. The van der Waals surface area contributed by atoms with Gasteiger partial charge in [0.25, 0.3) is 0 Å². The molecule has 0 aliphatic rings. The van der Waals surface area contributed by atoms with Gasteiger partial charge in [-0.1, -0.05) is 137 Å². The molecule has 0 saturated carbocycles. The summed E-state index contributed by atoms with van der Waals surface area (Å²) in [6, 6.07) is 42.0. The van der Waals surface area contributed by atoms with Gasteiger partial charge in [0.05, 0.1) is 13.7 Å². The molecule has 0 saturated heterocycles. The first-order chi connectivity index (χ1) is 23.9. The van der Waals surface area contributed by atoms with Gasteiger partial charge in [-0.05, 0) is 52.4 Å². The van der Waals surface area contributed by atoms with E-state index in [2.05, 4.69) is 150 Å². The summed E-state index contributed by atoms with van der Waals surface area (Å²) >= 11 is 0. The molecule has 0 fully saturated rings. The van der Waals surface area contributed by atoms with Crippen LogP contribution in [0.1, 0.15) is 45.7 Å². The zero-order chi connectivity index (χ0) is 35.5. The first-order valence-electron chi connectivity index (χ1n) is 17.7. The average molecular weight is 865 g/mol. The van der Waals surface area contributed by atoms with Crippen molar-refractivity contribution < 1.29 is 24.5 Å². The summed E-state index contributed by atoms with van der Waals surface area (Å²) in [6.07, 6.45) is 6.12. The van der Waals surface area contributed by atoms with E-state index in [0.717, 1.165) is 68.4 Å². The van der Waals surface area contributed by atoms with Crippen LogP contribution in [-0.2, 0) is 32.9 Å². The van der Waals surface area contributed by atoms with Crippen molar-refractivity contribution in [3.05, 3.63) is 139 Å². The maximum absolute atomic E-state index is 6.47. The van der Waals surface area contributed by atoms with Gasteiger partial charge in [-0.3, -0.25) is 0 Å². The Hall–Kier alpha value is -4.15. The molecule has 51 heavy (non-hydrogen) atoms. The number of pyridine rings is 2. The van der Waals surface area contributed by atoms with Crippen LogP contribution in [0.4, 0.5) is 0 Å². The van der Waals surface area contributed by atoms with Crippen LogP contribution in [0.25, 0.3) is 55.6 Å². The minimum Gasteiger partial charge on any atom is -0.500 e. The summed E-state index contributed by atoms with van der Waals surface area (Å²) in [5, 5.41) is 3.70. The Balaban J connectivity index is 0.000000205. The molecule has 0 bridgehead atoms. The van der Waals surface area contributed by atoms with Crippen LogP contribution in [0.3, 0.4) is 0 Å². The van der Waals surface area contributed by atoms with Crippen LogP contribution in [0.5, 0.6) is 0 Å². The van der Waals surface area contributed by atoms with Gasteiger partial charge in [0.2, 0.25) is 0 Å². The Morgan fingerprint density at radius 3 is 2.18 bits per heavy atom. The molecule has 0 atom stereocenters. The molecule has 0 aliphatic carbocycles. The Kier molecular flexibility index (Phi) is 12.0. The molecule has 1 radical (unpaired) electrons. The van der Waals surface area contributed by atoms with E-state index in [9.17, 15) is 0 Å². The van der Waals surface area contributed by atoms with E-state index < -0.39 is 8.07 Å². The maximum atomic E-state index is 6.47. The van der Waals surface area contributed by atoms with Crippen molar-refractivity contribution >= 4 is 35.2 Å². The predicted molar refractivity (Wildman–Crippen MR) is 214 cm³/mol. The number of benzene rings is 4. The second-order valence-electron chi connectivity index (χ2n) is 15.9. The SMILES string of the molecule is CC(C)(C)Cc1cc(-c2[c-]cccc2)ncc1[Si](C)(C)C.CC(C)Cc1ccnc(-c2[c-]ccc3c2oc2c(-c4ccccc4)cccc23)c1.[Ir]. The van der Waals surface area contributed by atoms with E-state index >= 15 is 0 Å². The second kappa shape index (κ2) is 16.0. The number of aromatic nitrogens is 2. The smallest absolute Gasteiger partial charge is 0.128 e. The molecule has 7 rings (SSSR count). The molecule has 5 heteroatoms. The van der Waals surface area contributed by atoms with Gasteiger partial charge in [0, 0.05) is 43.4 Å². The molecule has 4 aromatic carbocycles. The predicted octanol–water partition coefficient (Wildman–Crippen LogP) is 12.0. The number of furan rings is 1. The number of nitrogens with zero attached hydrogens (tertiary/aromatic N) is 2. The number of para-hydroxylation sites is 1. The summed E-state index contributed by atoms with van der Waals surface area (Å²) in [6.45, 7) is 18.6. The summed E-state index contributed by atoms with van der Waals surface area (Å²) < 4.78 is 6.47. The molecule has 3 nitrogen and oxygen atoms in total. The van der Waals surface area contributed by atoms with Crippen molar-refractivity contribution in [2.45, 2.75) is 67.1 Å². The fraction of sp³-hybridized carbons (Fsp3) is 0.261. The van der Waals surface area contributed by atoms with Gasteiger partial charge in [0.1, 0.15) is 5.58 Å². The van der Waals surface area contributed by atoms with Crippen molar-refractivity contribution in [3.8, 4) is 33.6 Å². The summed E-state index contributed by atoms with van der Waals surface area (Å²) in [7, 11) is -1.37. The molecule has 0 spiro atoms. The maximum Gasteiger partial charge on any atom is 0.128 e. The summed E-state index contributed by atoms with van der Waals surface area (Å²) in [5.41, 5.74) is 11.0. The molecule has 263 valence electrons. The van der Waals surface area contributed by atoms with Crippen molar-refractivity contribution in [1.82, 2.24) is 9.97 Å². The van der Waals surface area contributed by atoms with Gasteiger partial charge in [0.15, 0.2) is 0 Å². The van der Waals surface area contributed by atoms with Crippen LogP contribution in [-0.4, -0.2) is 18.0 Å². The van der Waals surface area contributed by atoms with Crippen LogP contribution in [0.15, 0.2) is 120 Å². The van der Waals surface area contributed by atoms with Crippen LogP contribution in [0, 0.1) is 23.5 Å². The molecule has 0 N–H and O–H groups in total. The number of fused-ring (bicyclic) bond motifs is 3. The van der Waals surface area contributed by atoms with E-state index in [1.54, 1.807) is 0 Å². The third-order valence-corrected chi connectivity index (χ3v) is 10.8. The monoisotopic (exact) mass is 865 g/mol. The molecule has 3 aromatic heterocycles. The standard InChI is InChI=1S/C27H22NO.C19H26NSi.Ir/c1-18(2)16-19-14-15-28-25(17-19)24-13-7-12-23-22-11-6-10-21(26(22)29-27(23)24)20-8-4-3-5-9-20;1-19(2,3)13-16-12-17(15-10-8-7-9-11-15)20-14-18(16)21(4,5)6;/h3-12,14-15,17-18H,16H2,1-2H3;7-10,12,14H,13H2,1-6H3;/q2*-1;. The molecule has 0 aliphatic heterocycles. The molecular formula is C46H48IrN2OSi-2. The van der Waals surface area contributed by atoms with Gasteiger partial charge in [-0.25, -0.2) is 0 Å². The van der Waals surface area contributed by atoms with E-state index in [0.29, 0.717) is 5.92 Å². The van der Waals surface area contributed by atoms with E-state index in [1.165, 1.54) is 16.3 Å². The minimum absolute atomic E-state index is 0. The van der Waals surface area contributed by atoms with Gasteiger partial charge in [-0.2, -0.15) is 0 Å². The van der Waals surface area contributed by atoms with Crippen LogP contribution < -0.4 is 5.19 Å². The van der Waals surface area contributed by atoms with Crippen molar-refractivity contribution in [2.75, 3.05) is 0 Å². The molecule has 0 unspecified atom stereocenters. The molecule has 7 aromatic rings. The third kappa shape index (κ3) is 9.21. The normalized spacial score (nSPS) is 11.7. The van der Waals surface area contributed by atoms with E-state index in [-0.39, 0.29) is 25.5 Å². The molecule has 3 heterocycles.